The summed E-state index contributed by atoms with van der Waals surface area (Å²) in [7, 11) is 0. The van der Waals surface area contributed by atoms with Crippen LogP contribution in [0.3, 0.4) is 0 Å². The van der Waals surface area contributed by atoms with E-state index in [0.29, 0.717) is 25.7 Å². The van der Waals surface area contributed by atoms with Crippen LogP contribution in [0.5, 0.6) is 0 Å². The molecule has 158 valence electrons. The predicted octanol–water partition coefficient (Wildman–Crippen LogP) is -4.41. The van der Waals surface area contributed by atoms with Crippen molar-refractivity contribution in [3.63, 3.8) is 0 Å². The molecule has 0 aromatic heterocycles. The van der Waals surface area contributed by atoms with E-state index in [-0.39, 0.29) is 0 Å². The van der Waals surface area contributed by atoms with Crippen molar-refractivity contribution < 1.29 is 34.2 Å². The Morgan fingerprint density at radius 1 is 1.18 bits per heavy atom. The summed E-state index contributed by atoms with van der Waals surface area (Å²) in [6.07, 6.45) is 1.99. The summed E-state index contributed by atoms with van der Waals surface area (Å²) < 4.78 is 0. The van der Waals surface area contributed by atoms with E-state index in [2.05, 4.69) is 16.0 Å². The molecule has 0 aromatic carbocycles. The Kier molecular flexibility index (Phi) is 9.48. The quantitative estimate of drug-likeness (QED) is 0.198. The standard InChI is InChI=1S/C16H27N5O7/c1-9(16(28)21-4-2-3-10(21)6-22)19-13(25)5-18-15(27)12(8-24)20-14(26)11(17)7-23/h6,9-12,23-24H,2-5,7-8,17H2,1H3,(H,18,27)(H,19,25)(H,20,26)/t9-,10-,11-,12-/m0/s1. The summed E-state index contributed by atoms with van der Waals surface area (Å²) >= 11 is 0. The highest BCUT2D eigenvalue weighted by Gasteiger charge is 2.31. The number of aliphatic hydroxyl groups excluding tert-OH is 2. The maximum Gasteiger partial charge on any atom is 0.245 e. The van der Waals surface area contributed by atoms with Crippen LogP contribution < -0.4 is 21.7 Å². The first-order valence-corrected chi connectivity index (χ1v) is 8.85. The third-order valence-electron chi connectivity index (χ3n) is 4.26. The van der Waals surface area contributed by atoms with Crippen molar-refractivity contribution in [1.29, 1.82) is 0 Å². The van der Waals surface area contributed by atoms with Gasteiger partial charge in [-0.3, -0.25) is 19.2 Å². The van der Waals surface area contributed by atoms with E-state index in [4.69, 9.17) is 10.8 Å². The van der Waals surface area contributed by atoms with E-state index in [1.807, 2.05) is 0 Å². The molecule has 7 N–H and O–H groups in total. The Hall–Kier alpha value is -2.57. The number of nitrogens with zero attached hydrogens (tertiary/aromatic N) is 1. The van der Waals surface area contributed by atoms with Gasteiger partial charge in [0.05, 0.1) is 25.8 Å². The number of carbonyl (C=O) groups excluding carboxylic acids is 5. The molecular formula is C16H27N5O7. The summed E-state index contributed by atoms with van der Waals surface area (Å²) in [5.74, 6) is -2.73. The topological polar surface area (TPSA) is 191 Å². The van der Waals surface area contributed by atoms with Crippen molar-refractivity contribution >= 4 is 29.9 Å². The normalized spacial score (nSPS) is 19.3. The second kappa shape index (κ2) is 11.3. The molecule has 28 heavy (non-hydrogen) atoms. The van der Waals surface area contributed by atoms with Gasteiger partial charge in [0.25, 0.3) is 0 Å². The van der Waals surface area contributed by atoms with Crippen molar-refractivity contribution in [3.8, 4) is 0 Å². The molecule has 0 saturated carbocycles. The Morgan fingerprint density at radius 2 is 1.86 bits per heavy atom. The Balaban J connectivity index is 2.47. The minimum Gasteiger partial charge on any atom is -0.394 e. The van der Waals surface area contributed by atoms with E-state index >= 15 is 0 Å². The van der Waals surface area contributed by atoms with Crippen molar-refractivity contribution in [2.45, 2.75) is 43.9 Å². The molecule has 12 heteroatoms. The minimum atomic E-state index is -1.35. The highest BCUT2D eigenvalue weighted by atomic mass is 16.3. The summed E-state index contributed by atoms with van der Waals surface area (Å²) in [6, 6.07) is -3.99. The molecule has 0 spiro atoms. The zero-order valence-electron chi connectivity index (χ0n) is 15.6. The van der Waals surface area contributed by atoms with Gasteiger partial charge in [-0.2, -0.15) is 0 Å². The predicted molar refractivity (Wildman–Crippen MR) is 95.5 cm³/mol. The van der Waals surface area contributed by atoms with Gasteiger partial charge in [0.1, 0.15) is 24.4 Å². The molecule has 12 nitrogen and oxygen atoms in total. The largest absolute Gasteiger partial charge is 0.394 e. The van der Waals surface area contributed by atoms with Crippen molar-refractivity contribution in [1.82, 2.24) is 20.9 Å². The third kappa shape index (κ3) is 6.55. The zero-order chi connectivity index (χ0) is 21.3. The van der Waals surface area contributed by atoms with Crippen LogP contribution in [0.4, 0.5) is 0 Å². The van der Waals surface area contributed by atoms with Crippen LogP contribution in [0.25, 0.3) is 0 Å². The lowest BCUT2D eigenvalue weighted by atomic mass is 10.2. The van der Waals surface area contributed by atoms with Gasteiger partial charge < -0.3 is 41.6 Å². The maximum absolute atomic E-state index is 12.3. The molecule has 1 rings (SSSR count). The van der Waals surface area contributed by atoms with Gasteiger partial charge in [0, 0.05) is 6.54 Å². The molecular weight excluding hydrogens is 374 g/mol. The first-order valence-electron chi connectivity index (χ1n) is 8.85. The molecule has 4 atom stereocenters. The van der Waals surface area contributed by atoms with E-state index in [9.17, 15) is 29.1 Å². The summed E-state index contributed by atoms with van der Waals surface area (Å²) in [6.45, 7) is 0.0322. The van der Waals surface area contributed by atoms with Gasteiger partial charge in [-0.25, -0.2) is 0 Å². The first kappa shape index (κ1) is 23.5. The molecule has 1 fully saturated rings. The molecule has 4 amide bonds. The lowest BCUT2D eigenvalue weighted by Gasteiger charge is -2.24. The lowest BCUT2D eigenvalue weighted by molar-refractivity contribution is -0.138. The van der Waals surface area contributed by atoms with Crippen LogP contribution in [0.15, 0.2) is 0 Å². The Labute approximate surface area is 161 Å². The summed E-state index contributed by atoms with van der Waals surface area (Å²) in [5.41, 5.74) is 5.30. The number of aldehydes is 1. The number of aliphatic hydroxyl groups is 2. The summed E-state index contributed by atoms with van der Waals surface area (Å²) in [4.78, 5) is 60.1. The van der Waals surface area contributed by atoms with Crippen LogP contribution >= 0.6 is 0 Å². The highest BCUT2D eigenvalue weighted by molar-refractivity contribution is 5.93. The van der Waals surface area contributed by atoms with E-state index in [0.717, 1.165) is 0 Å². The third-order valence-corrected chi connectivity index (χ3v) is 4.26. The average Bonchev–Trinajstić information content (AvgIpc) is 3.17. The number of hydrogen-bond acceptors (Lipinski definition) is 8. The van der Waals surface area contributed by atoms with E-state index in [1.54, 1.807) is 0 Å². The van der Waals surface area contributed by atoms with E-state index in [1.165, 1.54) is 11.8 Å². The molecule has 1 saturated heterocycles. The fourth-order valence-electron chi connectivity index (χ4n) is 2.66. The van der Waals surface area contributed by atoms with Crippen molar-refractivity contribution in [2.75, 3.05) is 26.3 Å². The molecule has 0 radical (unpaired) electrons. The number of amides is 4. The molecule has 0 aromatic rings. The highest BCUT2D eigenvalue weighted by Crippen LogP contribution is 2.16. The minimum absolute atomic E-state index is 0.396. The van der Waals surface area contributed by atoms with Gasteiger partial charge in [-0.15, -0.1) is 0 Å². The fraction of sp³-hybridized carbons (Fsp3) is 0.688. The molecule has 1 aliphatic heterocycles. The molecule has 1 heterocycles. The average molecular weight is 401 g/mol. The van der Waals surface area contributed by atoms with Crippen LogP contribution in [-0.4, -0.2) is 95.5 Å². The molecule has 1 aliphatic rings. The fourth-order valence-corrected chi connectivity index (χ4v) is 2.66. The molecule has 0 unspecified atom stereocenters. The Morgan fingerprint density at radius 3 is 2.43 bits per heavy atom. The Bertz CT molecular complexity index is 600. The first-order chi connectivity index (χ1) is 13.2. The number of hydrogen-bond donors (Lipinski definition) is 6. The van der Waals surface area contributed by atoms with Crippen LogP contribution in [-0.2, 0) is 24.0 Å². The van der Waals surface area contributed by atoms with Gasteiger partial charge in [-0.1, -0.05) is 0 Å². The van der Waals surface area contributed by atoms with Crippen LogP contribution in [0, 0.1) is 0 Å². The number of carbonyl (C=O) groups is 5. The molecule has 0 bridgehead atoms. The van der Waals surface area contributed by atoms with Crippen molar-refractivity contribution in [2.24, 2.45) is 5.73 Å². The van der Waals surface area contributed by atoms with Gasteiger partial charge in [0.15, 0.2) is 0 Å². The van der Waals surface area contributed by atoms with Crippen LogP contribution in [0.2, 0.25) is 0 Å². The lowest BCUT2D eigenvalue weighted by Crippen LogP contribution is -2.55. The smallest absolute Gasteiger partial charge is 0.245 e. The van der Waals surface area contributed by atoms with E-state index < -0.39 is 67.6 Å². The van der Waals surface area contributed by atoms with Gasteiger partial charge in [0.2, 0.25) is 23.6 Å². The second-order valence-corrected chi connectivity index (χ2v) is 6.42. The molecule has 0 aliphatic carbocycles. The number of likely N-dealkylation sites (tertiary alicyclic amines) is 1. The zero-order valence-corrected chi connectivity index (χ0v) is 15.6. The van der Waals surface area contributed by atoms with Crippen molar-refractivity contribution in [3.05, 3.63) is 0 Å². The van der Waals surface area contributed by atoms with Crippen LogP contribution in [0.1, 0.15) is 19.8 Å². The second-order valence-electron chi connectivity index (χ2n) is 6.42. The van der Waals surface area contributed by atoms with Gasteiger partial charge in [-0.05, 0) is 19.8 Å². The number of nitrogens with one attached hydrogen (secondary N) is 3. The summed E-state index contributed by atoms with van der Waals surface area (Å²) in [5, 5.41) is 24.8. The van der Waals surface area contributed by atoms with Gasteiger partial charge >= 0.3 is 0 Å². The SMILES string of the molecule is C[C@H](NC(=O)CNC(=O)[C@H](CO)NC(=O)[C@@H](N)CO)C(=O)N1CCC[C@H]1C=O. The maximum atomic E-state index is 12.3. The number of nitrogens with two attached hydrogens (primary N) is 1. The number of rotatable bonds is 10. The monoisotopic (exact) mass is 401 g/mol.